The summed E-state index contributed by atoms with van der Waals surface area (Å²) in [6.45, 7) is 0. The second-order valence-electron chi connectivity index (χ2n) is 2.93. The molecule has 0 aliphatic heterocycles. The molecule has 0 amide bonds. The Balaban J connectivity index is 3.33. The molecule has 0 N–H and O–H groups in total. The maximum atomic E-state index is 11.5. The molecule has 18 heavy (non-hydrogen) atoms. The third kappa shape index (κ3) is 3.83. The van der Waals surface area contributed by atoms with E-state index in [1.165, 1.54) is 0 Å². The highest BCUT2D eigenvalue weighted by Gasteiger charge is 2.22. The van der Waals surface area contributed by atoms with Crippen LogP contribution in [0, 0.1) is 10.7 Å². The number of thiocyanates is 1. The molecule has 1 heterocycles. The topological polar surface area (TPSA) is 70.8 Å². The quantitative estimate of drug-likeness (QED) is 0.267. The monoisotopic (exact) mass is 362 g/mol. The zero-order chi connectivity index (χ0) is 13.9. The summed E-state index contributed by atoms with van der Waals surface area (Å²) in [4.78, 5) is 3.97. The predicted molar refractivity (Wildman–Crippen MR) is 76.3 cm³/mol. The van der Waals surface area contributed by atoms with Gasteiger partial charge in [-0.15, -0.1) is 11.8 Å². The molecular formula is C8H5Cl3N2O2S3. The van der Waals surface area contributed by atoms with E-state index in [0.717, 1.165) is 29.8 Å². The maximum Gasteiger partial charge on any atom is 0.194 e. The first-order valence-electron chi connectivity index (χ1n) is 4.17. The zero-order valence-electron chi connectivity index (χ0n) is 8.78. The molecule has 0 aromatic carbocycles. The minimum absolute atomic E-state index is 0.0737. The number of sulfone groups is 1. The number of nitriles is 1. The number of pyridine rings is 1. The van der Waals surface area contributed by atoms with Gasteiger partial charge < -0.3 is 0 Å². The fraction of sp³-hybridized carbons (Fsp3) is 0.250. The number of thioether (sulfide) groups is 2. The summed E-state index contributed by atoms with van der Waals surface area (Å²) < 4.78 is 23.0. The van der Waals surface area contributed by atoms with E-state index in [-0.39, 0.29) is 20.2 Å². The van der Waals surface area contributed by atoms with Crippen LogP contribution >= 0.6 is 58.3 Å². The van der Waals surface area contributed by atoms with E-state index in [9.17, 15) is 8.42 Å². The lowest BCUT2D eigenvalue weighted by molar-refractivity contribution is 0.598. The van der Waals surface area contributed by atoms with Crippen LogP contribution in [0.4, 0.5) is 0 Å². The largest absolute Gasteiger partial charge is 0.222 e. The van der Waals surface area contributed by atoms with Crippen LogP contribution in [-0.2, 0) is 9.84 Å². The van der Waals surface area contributed by atoms with Gasteiger partial charge in [-0.05, 0) is 11.8 Å². The summed E-state index contributed by atoms with van der Waals surface area (Å²) in [5, 5.41) is 10.2. The van der Waals surface area contributed by atoms with Crippen molar-refractivity contribution in [2.24, 2.45) is 0 Å². The lowest BCUT2D eigenvalue weighted by Crippen LogP contribution is -2.03. The van der Waals surface area contributed by atoms with Crippen molar-refractivity contribution in [2.75, 3.05) is 11.3 Å². The van der Waals surface area contributed by atoms with E-state index >= 15 is 0 Å². The third-order valence-electron chi connectivity index (χ3n) is 1.65. The smallest absolute Gasteiger partial charge is 0.194 e. The molecule has 0 unspecified atom stereocenters. The van der Waals surface area contributed by atoms with Gasteiger partial charge in [0.15, 0.2) is 14.9 Å². The van der Waals surface area contributed by atoms with E-state index in [1.54, 1.807) is 0 Å². The third-order valence-corrected chi connectivity index (χ3v) is 5.85. The van der Waals surface area contributed by atoms with Gasteiger partial charge in [-0.2, -0.15) is 5.26 Å². The molecule has 1 aromatic heterocycles. The van der Waals surface area contributed by atoms with Crippen LogP contribution in [0.1, 0.15) is 0 Å². The van der Waals surface area contributed by atoms with Crippen molar-refractivity contribution >= 4 is 68.2 Å². The molecule has 4 nitrogen and oxygen atoms in total. The Kier molecular flexibility index (Phi) is 5.90. The Morgan fingerprint density at radius 3 is 2.44 bits per heavy atom. The van der Waals surface area contributed by atoms with E-state index in [0.29, 0.717) is 9.98 Å². The molecule has 1 rings (SSSR count). The standard InChI is InChI=1S/C8H5Cl3N2O2S3/c1-18(14,15)8-5(10)6(17-3-16-2-12)4(9)7(11)13-8/h3H2,1H3. The Labute approximate surface area is 128 Å². The number of hydrogen-bond acceptors (Lipinski definition) is 6. The molecule has 0 bridgehead atoms. The Bertz CT molecular complexity index is 613. The minimum Gasteiger partial charge on any atom is -0.222 e. The lowest BCUT2D eigenvalue weighted by Gasteiger charge is -2.10. The second-order valence-corrected chi connectivity index (χ2v) is 8.09. The molecule has 0 fully saturated rings. The van der Waals surface area contributed by atoms with Gasteiger partial charge in [0.05, 0.1) is 20.0 Å². The SMILES string of the molecule is CS(=O)(=O)c1nc(Cl)c(Cl)c(SCSC#N)c1Cl. The highest BCUT2D eigenvalue weighted by Crippen LogP contribution is 2.41. The molecule has 0 aliphatic rings. The van der Waals surface area contributed by atoms with Gasteiger partial charge in [-0.1, -0.05) is 34.8 Å². The van der Waals surface area contributed by atoms with Crippen molar-refractivity contribution < 1.29 is 8.42 Å². The number of rotatable bonds is 4. The summed E-state index contributed by atoms with van der Waals surface area (Å²) in [6, 6.07) is 0. The van der Waals surface area contributed by atoms with Crippen LogP contribution < -0.4 is 0 Å². The first-order valence-corrected chi connectivity index (χ1v) is 9.17. The second kappa shape index (κ2) is 6.55. The van der Waals surface area contributed by atoms with Gasteiger partial charge in [-0.25, -0.2) is 13.4 Å². The van der Waals surface area contributed by atoms with E-state index in [1.807, 2.05) is 5.40 Å². The average molecular weight is 364 g/mol. The molecule has 0 saturated heterocycles. The van der Waals surface area contributed by atoms with Crippen LogP contribution in [0.5, 0.6) is 0 Å². The lowest BCUT2D eigenvalue weighted by atomic mass is 10.5. The number of halogens is 3. The van der Waals surface area contributed by atoms with Crippen molar-refractivity contribution in [1.82, 2.24) is 4.98 Å². The van der Waals surface area contributed by atoms with E-state index in [2.05, 4.69) is 4.98 Å². The number of aromatic nitrogens is 1. The van der Waals surface area contributed by atoms with Gasteiger partial charge in [0.1, 0.15) is 10.6 Å². The zero-order valence-corrected chi connectivity index (χ0v) is 13.5. The van der Waals surface area contributed by atoms with Gasteiger partial charge in [0.25, 0.3) is 0 Å². The summed E-state index contributed by atoms with van der Waals surface area (Å²) in [5.74, 6) is 0. The number of hydrogen-bond donors (Lipinski definition) is 0. The fourth-order valence-corrected chi connectivity index (χ4v) is 4.43. The summed E-state index contributed by atoms with van der Waals surface area (Å²) in [7, 11) is -3.60. The van der Waals surface area contributed by atoms with Crippen LogP contribution in [0.2, 0.25) is 15.2 Å². The highest BCUT2D eigenvalue weighted by molar-refractivity contribution is 8.18. The molecule has 0 spiro atoms. The van der Waals surface area contributed by atoms with Gasteiger partial charge >= 0.3 is 0 Å². The molecule has 1 aromatic rings. The Morgan fingerprint density at radius 2 is 1.94 bits per heavy atom. The van der Waals surface area contributed by atoms with Crippen molar-refractivity contribution in [3.05, 3.63) is 15.2 Å². The van der Waals surface area contributed by atoms with Crippen molar-refractivity contribution in [3.8, 4) is 5.40 Å². The predicted octanol–water partition coefficient (Wildman–Crippen LogP) is 3.71. The minimum atomic E-state index is -3.60. The maximum absolute atomic E-state index is 11.5. The van der Waals surface area contributed by atoms with Gasteiger partial charge in [0, 0.05) is 6.26 Å². The first kappa shape index (κ1) is 16.2. The molecule has 10 heteroatoms. The van der Waals surface area contributed by atoms with Crippen molar-refractivity contribution in [3.63, 3.8) is 0 Å². The number of nitrogens with zero attached hydrogens (tertiary/aromatic N) is 2. The summed E-state index contributed by atoms with van der Waals surface area (Å²) in [5.41, 5.74) is 0. The van der Waals surface area contributed by atoms with Gasteiger partial charge in [0.2, 0.25) is 0 Å². The van der Waals surface area contributed by atoms with Crippen molar-refractivity contribution in [2.45, 2.75) is 9.92 Å². The Hall–Kier alpha value is 0.160. The average Bonchev–Trinajstić information content (AvgIpc) is 2.26. The fourth-order valence-electron chi connectivity index (χ4n) is 0.962. The molecule has 0 aliphatic carbocycles. The van der Waals surface area contributed by atoms with Crippen LogP contribution in [-0.4, -0.2) is 24.7 Å². The van der Waals surface area contributed by atoms with Crippen LogP contribution in [0.25, 0.3) is 0 Å². The van der Waals surface area contributed by atoms with Gasteiger partial charge in [-0.3, -0.25) is 0 Å². The molecule has 98 valence electrons. The normalized spacial score (nSPS) is 11.3. The highest BCUT2D eigenvalue weighted by atomic mass is 35.5. The molecule has 0 saturated carbocycles. The molecular weight excluding hydrogens is 359 g/mol. The van der Waals surface area contributed by atoms with Crippen LogP contribution in [0.15, 0.2) is 9.92 Å². The molecule has 0 radical (unpaired) electrons. The summed E-state index contributed by atoms with van der Waals surface area (Å²) >= 11 is 19.7. The Morgan fingerprint density at radius 1 is 1.33 bits per heavy atom. The summed E-state index contributed by atoms with van der Waals surface area (Å²) in [6.07, 6.45) is 0.976. The molecule has 0 atom stereocenters. The van der Waals surface area contributed by atoms with E-state index < -0.39 is 9.84 Å². The van der Waals surface area contributed by atoms with Crippen molar-refractivity contribution in [1.29, 1.82) is 5.26 Å². The van der Waals surface area contributed by atoms with Crippen LogP contribution in [0.3, 0.4) is 0 Å². The first-order chi connectivity index (χ1) is 8.29. The van der Waals surface area contributed by atoms with E-state index in [4.69, 9.17) is 40.1 Å².